The highest BCUT2D eigenvalue weighted by molar-refractivity contribution is 6.30. The summed E-state index contributed by atoms with van der Waals surface area (Å²) in [5, 5.41) is 10.3. The summed E-state index contributed by atoms with van der Waals surface area (Å²) in [4.78, 5) is 39.0. The molecule has 0 unspecified atom stereocenters. The number of aromatic hydroxyl groups is 1. The van der Waals surface area contributed by atoms with Crippen LogP contribution in [0.25, 0.3) is 0 Å². The van der Waals surface area contributed by atoms with E-state index in [0.29, 0.717) is 5.56 Å². The van der Waals surface area contributed by atoms with Crippen LogP contribution in [0.5, 0.6) is 5.75 Å². The van der Waals surface area contributed by atoms with Crippen molar-refractivity contribution in [3.63, 3.8) is 0 Å². The molecule has 9 heteroatoms. The number of carbonyl (C=O) groups is 2. The summed E-state index contributed by atoms with van der Waals surface area (Å²) in [6.45, 7) is 7.94. The van der Waals surface area contributed by atoms with Crippen molar-refractivity contribution in [2.24, 2.45) is 5.73 Å². The van der Waals surface area contributed by atoms with E-state index in [-0.39, 0.29) is 41.4 Å². The second-order valence-corrected chi connectivity index (χ2v) is 8.02. The fourth-order valence-electron chi connectivity index (χ4n) is 3.48. The van der Waals surface area contributed by atoms with Gasteiger partial charge in [-0.05, 0) is 38.0 Å². The third kappa shape index (κ3) is 4.90. The van der Waals surface area contributed by atoms with Crippen molar-refractivity contribution >= 4 is 23.4 Å². The summed E-state index contributed by atoms with van der Waals surface area (Å²) in [7, 11) is 0. The van der Waals surface area contributed by atoms with Gasteiger partial charge in [0.05, 0.1) is 10.6 Å². The Morgan fingerprint density at radius 2 is 1.90 bits per heavy atom. The molecule has 0 saturated carbocycles. The normalized spacial score (nSPS) is 13.0. The number of amides is 2. The van der Waals surface area contributed by atoms with Gasteiger partial charge in [-0.25, -0.2) is 4.39 Å². The molecule has 0 atom stereocenters. The molecule has 0 radical (unpaired) electrons. The van der Waals surface area contributed by atoms with Gasteiger partial charge >= 0.3 is 0 Å². The topological polar surface area (TPSA) is 106 Å². The summed E-state index contributed by atoms with van der Waals surface area (Å²) in [5.41, 5.74) is 5.20. The molecule has 0 fully saturated rings. The quantitative estimate of drug-likeness (QED) is 0.740. The van der Waals surface area contributed by atoms with Gasteiger partial charge in [0, 0.05) is 24.7 Å². The van der Waals surface area contributed by atoms with Gasteiger partial charge in [0.25, 0.3) is 17.4 Å². The Kier molecular flexibility index (Phi) is 7.84. The molecule has 0 bridgehead atoms. The van der Waals surface area contributed by atoms with Crippen molar-refractivity contribution in [2.45, 2.75) is 53.1 Å². The predicted molar refractivity (Wildman–Crippen MR) is 117 cm³/mol. The lowest BCUT2D eigenvalue weighted by atomic mass is 9.95. The molecule has 1 aromatic carbocycles. The van der Waals surface area contributed by atoms with Crippen molar-refractivity contribution in [3.05, 3.63) is 61.8 Å². The Hall–Kier alpha value is -2.87. The van der Waals surface area contributed by atoms with Crippen LogP contribution in [0.2, 0.25) is 5.02 Å². The van der Waals surface area contributed by atoms with Gasteiger partial charge in [-0.15, -0.1) is 0 Å². The smallest absolute Gasteiger partial charge is 0.294 e. The summed E-state index contributed by atoms with van der Waals surface area (Å²) < 4.78 is 14.5. The van der Waals surface area contributed by atoms with Gasteiger partial charge in [0.15, 0.2) is 5.75 Å². The van der Waals surface area contributed by atoms with E-state index < -0.39 is 35.0 Å². The van der Waals surface area contributed by atoms with Crippen molar-refractivity contribution in [1.29, 1.82) is 0 Å². The predicted octanol–water partition coefficient (Wildman–Crippen LogP) is 3.64. The molecule has 2 aromatic rings. The molecule has 1 aliphatic rings. The highest BCUT2D eigenvalue weighted by atomic mass is 35.5. The maximum atomic E-state index is 13.3. The first kappa shape index (κ1) is 24.4. The van der Waals surface area contributed by atoms with Crippen LogP contribution in [0.4, 0.5) is 4.39 Å². The zero-order valence-electron chi connectivity index (χ0n) is 18.0. The van der Waals surface area contributed by atoms with Gasteiger partial charge < -0.3 is 15.7 Å². The number of pyridine rings is 1. The zero-order chi connectivity index (χ0) is 23.5. The number of hydrogen-bond donors (Lipinski definition) is 2. The number of nitrogens with two attached hydrogens (primary N) is 1. The Labute approximate surface area is 185 Å². The minimum absolute atomic E-state index is 0.0642. The van der Waals surface area contributed by atoms with E-state index >= 15 is 0 Å². The monoisotopic (exact) mass is 451 g/mol. The van der Waals surface area contributed by atoms with E-state index in [9.17, 15) is 23.9 Å². The second-order valence-electron chi connectivity index (χ2n) is 7.62. The molecule has 31 heavy (non-hydrogen) atoms. The maximum absolute atomic E-state index is 13.3. The van der Waals surface area contributed by atoms with E-state index in [2.05, 4.69) is 13.8 Å². The third-order valence-electron chi connectivity index (χ3n) is 4.73. The highest BCUT2D eigenvalue weighted by Gasteiger charge is 2.34. The summed E-state index contributed by atoms with van der Waals surface area (Å²) in [6, 6.07) is 3.67. The fraction of sp³-hybridized carbons (Fsp3) is 0.409. The van der Waals surface area contributed by atoms with Crippen LogP contribution >= 0.6 is 11.6 Å². The molecule has 7 nitrogen and oxygen atoms in total. The van der Waals surface area contributed by atoms with E-state index in [0.717, 1.165) is 4.57 Å². The Balaban J connectivity index is 0.00000107. The van der Waals surface area contributed by atoms with Crippen LogP contribution < -0.4 is 11.3 Å². The van der Waals surface area contributed by atoms with Crippen molar-refractivity contribution in [3.8, 4) is 5.75 Å². The first-order chi connectivity index (χ1) is 14.5. The number of nitrogens with zero attached hydrogens (tertiary/aromatic N) is 2. The second kappa shape index (κ2) is 9.96. The van der Waals surface area contributed by atoms with E-state index in [4.69, 9.17) is 17.3 Å². The number of benzene rings is 1. The van der Waals surface area contributed by atoms with Gasteiger partial charge in [-0.2, -0.15) is 0 Å². The van der Waals surface area contributed by atoms with Crippen LogP contribution in [-0.4, -0.2) is 32.9 Å². The number of rotatable bonds is 4. The van der Waals surface area contributed by atoms with Crippen LogP contribution in [-0.2, 0) is 13.0 Å². The van der Waals surface area contributed by atoms with Gasteiger partial charge in [0.1, 0.15) is 11.5 Å². The average molecular weight is 452 g/mol. The molecular weight excluding hydrogens is 425 g/mol. The first-order valence-corrected chi connectivity index (χ1v) is 10.5. The lowest BCUT2D eigenvalue weighted by Gasteiger charge is -2.31. The molecule has 0 spiro atoms. The number of primary amides is 1. The molecule has 2 heterocycles. The van der Waals surface area contributed by atoms with Crippen LogP contribution in [0.1, 0.15) is 72.1 Å². The molecule has 1 aromatic heterocycles. The third-order valence-corrected chi connectivity index (χ3v) is 5.02. The molecular formula is C22H27ClFN3O4. The average Bonchev–Trinajstić information content (AvgIpc) is 2.69. The van der Waals surface area contributed by atoms with Crippen molar-refractivity contribution < 1.29 is 19.1 Å². The number of aromatic nitrogens is 1. The number of fused-ring (bicyclic) bond motifs is 1. The lowest BCUT2D eigenvalue weighted by Crippen LogP contribution is -2.42. The molecule has 0 aliphatic carbocycles. The van der Waals surface area contributed by atoms with E-state index in [1.165, 1.54) is 29.5 Å². The minimum atomic E-state index is -0.845. The Morgan fingerprint density at radius 1 is 1.29 bits per heavy atom. The van der Waals surface area contributed by atoms with Crippen LogP contribution in [0.3, 0.4) is 0 Å². The summed E-state index contributed by atoms with van der Waals surface area (Å²) in [6.07, 6.45) is 1.48. The molecule has 1 aliphatic heterocycles. The Bertz CT molecular complexity index is 1070. The molecule has 168 valence electrons. The molecule has 0 saturated heterocycles. The lowest BCUT2D eigenvalue weighted by molar-refractivity contribution is 0.0721. The zero-order valence-corrected chi connectivity index (χ0v) is 18.8. The number of hydrogen-bond acceptors (Lipinski definition) is 4. The molecule has 2 amide bonds. The Morgan fingerprint density at radius 3 is 2.42 bits per heavy atom. The minimum Gasteiger partial charge on any atom is -0.502 e. The number of carbonyl (C=O) groups excluding carboxylic acids is 2. The van der Waals surface area contributed by atoms with Crippen LogP contribution in [0, 0.1) is 5.82 Å². The van der Waals surface area contributed by atoms with Crippen molar-refractivity contribution in [1.82, 2.24) is 9.47 Å². The van der Waals surface area contributed by atoms with Gasteiger partial charge in [0.2, 0.25) is 0 Å². The largest absolute Gasteiger partial charge is 0.502 e. The number of halogens is 2. The highest BCUT2D eigenvalue weighted by Crippen LogP contribution is 2.30. The fourth-order valence-corrected chi connectivity index (χ4v) is 3.68. The first-order valence-electron chi connectivity index (χ1n) is 10.1. The SMILES string of the molecule is CC(C)n1c(C(N)=O)c2c(c(O)c1=O)C(=O)N(Cc1ccc(F)c(Cl)c1)CC2.CCC. The summed E-state index contributed by atoms with van der Waals surface area (Å²) >= 11 is 5.78. The van der Waals surface area contributed by atoms with E-state index in [1.807, 2.05) is 0 Å². The molecule has 3 N–H and O–H groups in total. The van der Waals surface area contributed by atoms with Crippen LogP contribution in [0.15, 0.2) is 23.0 Å². The van der Waals surface area contributed by atoms with Gasteiger partial charge in [-0.3, -0.25) is 19.0 Å². The van der Waals surface area contributed by atoms with E-state index in [1.54, 1.807) is 13.8 Å². The van der Waals surface area contributed by atoms with Crippen molar-refractivity contribution in [2.75, 3.05) is 6.54 Å². The maximum Gasteiger partial charge on any atom is 0.294 e. The standard InChI is InChI=1S/C19H19ClFN3O4.C3H8/c1-9(2)24-15(17(22)26)11-5-6-23(18(27)14(11)16(25)19(24)28)8-10-3-4-13(21)12(20)7-10;1-3-2/h3-4,7,9,25H,5-6,8H2,1-2H3,(H2,22,26);3H2,1-2H3. The van der Waals surface area contributed by atoms with Gasteiger partial charge in [-0.1, -0.05) is 37.9 Å². The summed E-state index contributed by atoms with van der Waals surface area (Å²) in [5.74, 6) is -2.72. The molecule has 3 rings (SSSR count).